The first-order valence-corrected chi connectivity index (χ1v) is 7.75. The lowest BCUT2D eigenvalue weighted by Gasteiger charge is -2.35. The highest BCUT2D eigenvalue weighted by atomic mass is 16.4. The number of carbonyl (C=O) groups is 1. The molecule has 1 amide bonds. The van der Waals surface area contributed by atoms with E-state index >= 15 is 0 Å². The summed E-state index contributed by atoms with van der Waals surface area (Å²) < 4.78 is 0. The van der Waals surface area contributed by atoms with Gasteiger partial charge in [-0.1, -0.05) is 31.8 Å². The molecule has 0 bridgehead atoms. The number of likely N-dealkylation sites (N-methyl/N-ethyl adjacent to an activating group) is 1. The van der Waals surface area contributed by atoms with Gasteiger partial charge in [-0.2, -0.15) is 0 Å². The van der Waals surface area contributed by atoms with Crippen molar-refractivity contribution in [2.75, 3.05) is 33.7 Å². The monoisotopic (exact) mass is 298 g/mol. The van der Waals surface area contributed by atoms with Gasteiger partial charge in [0, 0.05) is 19.6 Å². The number of hydrogen-bond acceptors (Lipinski definition) is 4. The molecule has 0 radical (unpaired) electrons. The zero-order valence-electron chi connectivity index (χ0n) is 13.8. The minimum atomic E-state index is -0.796. The van der Waals surface area contributed by atoms with Crippen molar-refractivity contribution < 1.29 is 10.0 Å². The van der Waals surface area contributed by atoms with Crippen LogP contribution in [0, 0.1) is 11.3 Å². The molecule has 0 aromatic carbocycles. The highest BCUT2D eigenvalue weighted by Crippen LogP contribution is 2.40. The Labute approximate surface area is 128 Å². The van der Waals surface area contributed by atoms with E-state index in [0.29, 0.717) is 31.8 Å². The Morgan fingerprint density at radius 1 is 1.29 bits per heavy atom. The van der Waals surface area contributed by atoms with Gasteiger partial charge in [-0.3, -0.25) is 4.79 Å². The average Bonchev–Trinajstić information content (AvgIpc) is 2.91. The van der Waals surface area contributed by atoms with E-state index in [0.717, 1.165) is 19.4 Å². The summed E-state index contributed by atoms with van der Waals surface area (Å²) in [5, 5.41) is 12.2. The van der Waals surface area contributed by atoms with Crippen LogP contribution in [0.3, 0.4) is 0 Å². The Bertz CT molecular complexity index is 374. The molecule has 122 valence electrons. The number of carbonyl (C=O) groups excluding carboxylic acids is 1. The molecule has 6 nitrogen and oxygen atoms in total. The minimum Gasteiger partial charge on any atom is -0.409 e. The maximum atomic E-state index is 13.1. The summed E-state index contributed by atoms with van der Waals surface area (Å²) in [6.45, 7) is 6.38. The fourth-order valence-electron chi connectivity index (χ4n) is 2.99. The van der Waals surface area contributed by atoms with Crippen molar-refractivity contribution in [3.05, 3.63) is 0 Å². The van der Waals surface area contributed by atoms with E-state index in [1.54, 1.807) is 0 Å². The lowest BCUT2D eigenvalue weighted by atomic mass is 9.83. The Morgan fingerprint density at radius 3 is 2.29 bits per heavy atom. The quantitative estimate of drug-likeness (QED) is 0.322. The number of amidine groups is 1. The summed E-state index contributed by atoms with van der Waals surface area (Å²) in [5.41, 5.74) is 5.09. The van der Waals surface area contributed by atoms with Gasteiger partial charge in [0.15, 0.2) is 5.84 Å². The first-order valence-electron chi connectivity index (χ1n) is 7.75. The molecule has 6 heteroatoms. The molecule has 0 saturated heterocycles. The predicted octanol–water partition coefficient (Wildman–Crippen LogP) is 1.34. The molecule has 0 aliphatic heterocycles. The summed E-state index contributed by atoms with van der Waals surface area (Å²) in [4.78, 5) is 17.0. The van der Waals surface area contributed by atoms with Crippen LogP contribution < -0.4 is 5.73 Å². The third-order valence-corrected chi connectivity index (χ3v) is 4.15. The summed E-state index contributed by atoms with van der Waals surface area (Å²) in [6, 6.07) is 0. The molecule has 0 atom stereocenters. The molecular weight excluding hydrogens is 268 g/mol. The number of amides is 1. The molecule has 0 aromatic heterocycles. The van der Waals surface area contributed by atoms with Gasteiger partial charge in [-0.05, 0) is 32.9 Å². The summed E-state index contributed by atoms with van der Waals surface area (Å²) >= 11 is 0. The van der Waals surface area contributed by atoms with Gasteiger partial charge in [0.05, 0.1) is 0 Å². The van der Waals surface area contributed by atoms with Gasteiger partial charge in [0.25, 0.3) is 0 Å². The first-order chi connectivity index (χ1) is 9.83. The molecule has 0 aromatic rings. The van der Waals surface area contributed by atoms with Crippen molar-refractivity contribution in [3.63, 3.8) is 0 Å². The largest absolute Gasteiger partial charge is 0.409 e. The Balaban J connectivity index is 2.95. The van der Waals surface area contributed by atoms with Gasteiger partial charge < -0.3 is 20.7 Å². The smallest absolute Gasteiger partial charge is 0.236 e. The van der Waals surface area contributed by atoms with Gasteiger partial charge in [-0.25, -0.2) is 0 Å². The lowest BCUT2D eigenvalue weighted by Crippen LogP contribution is -2.52. The van der Waals surface area contributed by atoms with Crippen LogP contribution in [-0.2, 0) is 4.79 Å². The number of oxime groups is 1. The maximum absolute atomic E-state index is 13.1. The Hall–Kier alpha value is -1.30. The molecule has 21 heavy (non-hydrogen) atoms. The van der Waals surface area contributed by atoms with Crippen molar-refractivity contribution in [1.82, 2.24) is 9.80 Å². The van der Waals surface area contributed by atoms with E-state index in [1.807, 2.05) is 19.0 Å². The van der Waals surface area contributed by atoms with E-state index in [9.17, 15) is 4.79 Å². The van der Waals surface area contributed by atoms with Crippen molar-refractivity contribution >= 4 is 11.7 Å². The van der Waals surface area contributed by atoms with Crippen LogP contribution in [0.2, 0.25) is 0 Å². The summed E-state index contributed by atoms with van der Waals surface area (Å²) in [6.07, 6.45) is 3.26. The van der Waals surface area contributed by atoms with E-state index in [1.165, 1.54) is 0 Å². The maximum Gasteiger partial charge on any atom is 0.236 e. The van der Waals surface area contributed by atoms with Crippen LogP contribution in [0.4, 0.5) is 0 Å². The van der Waals surface area contributed by atoms with Crippen LogP contribution in [-0.4, -0.2) is 60.5 Å². The van der Waals surface area contributed by atoms with E-state index in [4.69, 9.17) is 10.9 Å². The highest BCUT2D eigenvalue weighted by Gasteiger charge is 2.47. The SMILES string of the molecule is CC(C)CN(CCN(C)C)C(=O)C1(C(N)=NO)CCCC1. The molecule has 1 aliphatic carbocycles. The second-order valence-corrected chi connectivity index (χ2v) is 6.72. The minimum absolute atomic E-state index is 0.0193. The third kappa shape index (κ3) is 4.33. The molecule has 1 fully saturated rings. The summed E-state index contributed by atoms with van der Waals surface area (Å²) in [7, 11) is 3.99. The Kier molecular flexibility index (Phi) is 6.45. The normalized spacial score (nSPS) is 18.5. The third-order valence-electron chi connectivity index (χ3n) is 4.15. The molecule has 3 N–H and O–H groups in total. The van der Waals surface area contributed by atoms with Crippen molar-refractivity contribution in [1.29, 1.82) is 0 Å². The number of nitrogens with two attached hydrogens (primary N) is 1. The van der Waals surface area contributed by atoms with Crippen molar-refractivity contribution in [2.45, 2.75) is 39.5 Å². The number of rotatable bonds is 7. The van der Waals surface area contributed by atoms with Crippen LogP contribution in [0.15, 0.2) is 5.16 Å². The van der Waals surface area contributed by atoms with E-state index < -0.39 is 5.41 Å². The highest BCUT2D eigenvalue weighted by molar-refractivity contribution is 6.07. The predicted molar refractivity (Wildman–Crippen MR) is 84.3 cm³/mol. The van der Waals surface area contributed by atoms with E-state index in [2.05, 4.69) is 23.9 Å². The van der Waals surface area contributed by atoms with Crippen LogP contribution in [0.5, 0.6) is 0 Å². The van der Waals surface area contributed by atoms with Gasteiger partial charge in [0.2, 0.25) is 5.91 Å². The standard InChI is InChI=1S/C15H30N4O2/c1-12(2)11-19(10-9-18(3)4)14(20)15(13(16)17-21)7-5-6-8-15/h12,21H,5-11H2,1-4H3,(H2,16,17). The van der Waals surface area contributed by atoms with Gasteiger partial charge in [-0.15, -0.1) is 0 Å². The lowest BCUT2D eigenvalue weighted by molar-refractivity contribution is -0.139. The Morgan fingerprint density at radius 2 is 1.86 bits per heavy atom. The second-order valence-electron chi connectivity index (χ2n) is 6.72. The van der Waals surface area contributed by atoms with Crippen molar-refractivity contribution in [3.8, 4) is 0 Å². The van der Waals surface area contributed by atoms with Gasteiger partial charge >= 0.3 is 0 Å². The van der Waals surface area contributed by atoms with Crippen molar-refractivity contribution in [2.24, 2.45) is 22.2 Å². The number of nitrogens with zero attached hydrogens (tertiary/aromatic N) is 3. The van der Waals surface area contributed by atoms with Gasteiger partial charge in [0.1, 0.15) is 5.41 Å². The summed E-state index contributed by atoms with van der Waals surface area (Å²) in [5.74, 6) is 0.483. The van der Waals surface area contributed by atoms with Crippen LogP contribution in [0.25, 0.3) is 0 Å². The zero-order chi connectivity index (χ0) is 16.0. The molecular formula is C15H30N4O2. The fourth-order valence-corrected chi connectivity index (χ4v) is 2.99. The average molecular weight is 298 g/mol. The van der Waals surface area contributed by atoms with Crippen LogP contribution >= 0.6 is 0 Å². The second kappa shape index (κ2) is 7.64. The van der Waals surface area contributed by atoms with E-state index in [-0.39, 0.29) is 11.7 Å². The molecule has 0 spiro atoms. The number of hydrogen-bond donors (Lipinski definition) is 2. The fraction of sp³-hybridized carbons (Fsp3) is 0.867. The zero-order valence-corrected chi connectivity index (χ0v) is 13.8. The first kappa shape index (κ1) is 17.8. The molecule has 0 unspecified atom stereocenters. The van der Waals surface area contributed by atoms with Crippen LogP contribution in [0.1, 0.15) is 39.5 Å². The molecule has 1 saturated carbocycles. The molecule has 1 aliphatic rings. The molecule has 0 heterocycles. The topological polar surface area (TPSA) is 82.2 Å². The molecule has 1 rings (SSSR count).